The molecule has 0 aliphatic carbocycles. The lowest BCUT2D eigenvalue weighted by Crippen LogP contribution is -2.59. The van der Waals surface area contributed by atoms with Crippen molar-refractivity contribution in [2.45, 2.75) is 102 Å². The molecule has 1 aromatic heterocycles. The molecule has 2 saturated heterocycles. The first kappa shape index (κ1) is 23.1. The summed E-state index contributed by atoms with van der Waals surface area (Å²) in [5, 5.41) is 3.87. The van der Waals surface area contributed by atoms with Crippen LogP contribution in [0.15, 0.2) is 24.3 Å². The standard InChI is InChI=1S/C26H33F2N3O3/c1-25(2,3)34-24(33)31-17-7-6-8-18(31)14-16(13-17)29-23(32)22-19-9-4-5-10-20(19)30-12-11-26(27,28)15-21(22)30/h4-5,9-10,16-18H,6-8,11-15H2,1-3H3,(H,29,32). The molecule has 2 atom stereocenters. The van der Waals surface area contributed by atoms with E-state index in [-0.39, 0.29) is 43.1 Å². The molecule has 0 saturated carbocycles. The van der Waals surface area contributed by atoms with Crippen molar-refractivity contribution in [1.82, 2.24) is 14.8 Å². The first-order valence-corrected chi connectivity index (χ1v) is 12.3. The van der Waals surface area contributed by atoms with E-state index in [4.69, 9.17) is 4.74 Å². The Balaban J connectivity index is 1.38. The number of nitrogens with one attached hydrogen (secondary N) is 1. The normalized spacial score (nSPS) is 26.1. The summed E-state index contributed by atoms with van der Waals surface area (Å²) in [5.74, 6) is -3.11. The van der Waals surface area contributed by atoms with E-state index in [2.05, 4.69) is 5.32 Å². The van der Waals surface area contributed by atoms with Gasteiger partial charge in [-0.25, -0.2) is 13.6 Å². The number of carbonyl (C=O) groups is 2. The topological polar surface area (TPSA) is 63.6 Å². The van der Waals surface area contributed by atoms with Gasteiger partial charge < -0.3 is 19.5 Å². The summed E-state index contributed by atoms with van der Waals surface area (Å²) in [6.07, 6.45) is 3.15. The molecule has 2 fully saturated rings. The first-order chi connectivity index (χ1) is 16.0. The van der Waals surface area contributed by atoms with E-state index in [1.165, 1.54) is 0 Å². The van der Waals surface area contributed by atoms with Crippen LogP contribution in [0.5, 0.6) is 0 Å². The Hall–Kier alpha value is -2.64. The number of rotatable bonds is 2. The van der Waals surface area contributed by atoms with Gasteiger partial charge in [-0.15, -0.1) is 0 Å². The summed E-state index contributed by atoms with van der Waals surface area (Å²) in [6.45, 7) is 5.79. The number of ether oxygens (including phenoxy) is 1. The van der Waals surface area contributed by atoms with E-state index in [1.807, 2.05) is 54.5 Å². The number of piperidine rings is 2. The molecule has 34 heavy (non-hydrogen) atoms. The molecule has 5 rings (SSSR count). The molecule has 2 bridgehead atoms. The average Bonchev–Trinajstić information content (AvgIpc) is 3.04. The zero-order chi connectivity index (χ0) is 24.3. The second-order valence-electron chi connectivity index (χ2n) is 11.0. The summed E-state index contributed by atoms with van der Waals surface area (Å²) in [4.78, 5) is 28.2. The number of carbonyl (C=O) groups excluding carboxylic acids is 2. The Kier molecular flexibility index (Phi) is 5.60. The van der Waals surface area contributed by atoms with Crippen molar-refractivity contribution in [3.8, 4) is 0 Å². The molecule has 6 nitrogen and oxygen atoms in total. The van der Waals surface area contributed by atoms with Crippen molar-refractivity contribution in [3.05, 3.63) is 35.5 Å². The summed E-state index contributed by atoms with van der Waals surface area (Å²) in [6, 6.07) is 7.36. The Morgan fingerprint density at radius 1 is 1.12 bits per heavy atom. The zero-order valence-corrected chi connectivity index (χ0v) is 20.1. The fourth-order valence-electron chi connectivity index (χ4n) is 6.03. The van der Waals surface area contributed by atoms with Gasteiger partial charge in [0.15, 0.2) is 0 Å². The van der Waals surface area contributed by atoms with Gasteiger partial charge in [0.05, 0.1) is 12.0 Å². The summed E-state index contributed by atoms with van der Waals surface area (Å²) >= 11 is 0. The second kappa shape index (κ2) is 8.24. The van der Waals surface area contributed by atoms with E-state index >= 15 is 0 Å². The molecule has 3 aliphatic heterocycles. The van der Waals surface area contributed by atoms with Crippen molar-refractivity contribution in [3.63, 3.8) is 0 Å². The number of benzene rings is 1. The zero-order valence-electron chi connectivity index (χ0n) is 20.1. The third-order valence-corrected chi connectivity index (χ3v) is 7.35. The highest BCUT2D eigenvalue weighted by Gasteiger charge is 2.44. The van der Waals surface area contributed by atoms with Gasteiger partial charge in [-0.1, -0.05) is 18.2 Å². The van der Waals surface area contributed by atoms with E-state index < -0.39 is 17.9 Å². The van der Waals surface area contributed by atoms with E-state index in [9.17, 15) is 18.4 Å². The number of amides is 2. The van der Waals surface area contributed by atoms with Gasteiger partial charge in [0.25, 0.3) is 11.8 Å². The molecule has 0 spiro atoms. The van der Waals surface area contributed by atoms with Crippen LogP contribution in [0.1, 0.15) is 75.3 Å². The number of aromatic nitrogens is 1. The van der Waals surface area contributed by atoms with Crippen LogP contribution in [0.25, 0.3) is 10.9 Å². The number of para-hydroxylation sites is 1. The quantitative estimate of drug-likeness (QED) is 0.646. The largest absolute Gasteiger partial charge is 0.444 e. The Morgan fingerprint density at radius 3 is 2.47 bits per heavy atom. The van der Waals surface area contributed by atoms with Crippen molar-refractivity contribution in [2.75, 3.05) is 0 Å². The predicted molar refractivity (Wildman–Crippen MR) is 125 cm³/mol. The molecule has 0 radical (unpaired) electrons. The highest BCUT2D eigenvalue weighted by molar-refractivity contribution is 6.08. The van der Waals surface area contributed by atoms with E-state index in [0.717, 1.165) is 30.2 Å². The molecule has 2 unspecified atom stereocenters. The molecule has 2 aromatic rings. The summed E-state index contributed by atoms with van der Waals surface area (Å²) < 4.78 is 36.1. The van der Waals surface area contributed by atoms with Crippen molar-refractivity contribution in [1.29, 1.82) is 0 Å². The van der Waals surface area contributed by atoms with Crippen molar-refractivity contribution in [2.24, 2.45) is 0 Å². The minimum atomic E-state index is -2.81. The Labute approximate surface area is 198 Å². The highest BCUT2D eigenvalue weighted by atomic mass is 19.3. The molecule has 2 amide bonds. The van der Waals surface area contributed by atoms with Crippen molar-refractivity contribution < 1.29 is 23.1 Å². The van der Waals surface area contributed by atoms with Crippen LogP contribution < -0.4 is 5.32 Å². The van der Waals surface area contributed by atoms with E-state index in [1.54, 1.807) is 0 Å². The molecular formula is C26H33F2N3O3. The van der Waals surface area contributed by atoms with Crippen LogP contribution in [-0.4, -0.2) is 51.1 Å². The van der Waals surface area contributed by atoms with Gasteiger partial charge in [-0.05, 0) is 58.9 Å². The summed E-state index contributed by atoms with van der Waals surface area (Å²) in [7, 11) is 0. The lowest BCUT2D eigenvalue weighted by Gasteiger charge is -2.48. The van der Waals surface area contributed by atoms with Gasteiger partial charge in [-0.3, -0.25) is 4.79 Å². The Bertz CT molecular complexity index is 1110. The SMILES string of the molecule is CC(C)(C)OC(=O)N1C2CCCC1CC(NC(=O)c1c3n(c4ccccc14)CCC(F)(F)C3)C2. The van der Waals surface area contributed by atoms with Crippen LogP contribution in [-0.2, 0) is 17.7 Å². The molecule has 1 N–H and O–H groups in total. The average molecular weight is 474 g/mol. The van der Waals surface area contributed by atoms with Crippen LogP contribution in [0.4, 0.5) is 13.6 Å². The number of hydrogen-bond donors (Lipinski definition) is 1. The lowest BCUT2D eigenvalue weighted by molar-refractivity contribution is -0.0229. The molecule has 4 heterocycles. The van der Waals surface area contributed by atoms with Crippen LogP contribution >= 0.6 is 0 Å². The fourth-order valence-corrected chi connectivity index (χ4v) is 6.03. The molecule has 1 aromatic carbocycles. The minimum absolute atomic E-state index is 0.0108. The number of fused-ring (bicyclic) bond motifs is 5. The van der Waals surface area contributed by atoms with Crippen LogP contribution in [0.3, 0.4) is 0 Å². The van der Waals surface area contributed by atoms with Gasteiger partial charge in [0.2, 0.25) is 0 Å². The molecule has 8 heteroatoms. The number of alkyl halides is 2. The van der Waals surface area contributed by atoms with Crippen LogP contribution in [0, 0.1) is 0 Å². The maximum atomic E-state index is 14.3. The maximum absolute atomic E-state index is 14.3. The number of halogens is 2. The molecule has 184 valence electrons. The fraction of sp³-hybridized carbons (Fsp3) is 0.615. The Morgan fingerprint density at radius 2 is 1.79 bits per heavy atom. The number of hydrogen-bond acceptors (Lipinski definition) is 3. The number of nitrogens with zero attached hydrogens (tertiary/aromatic N) is 2. The highest BCUT2D eigenvalue weighted by Crippen LogP contribution is 2.38. The minimum Gasteiger partial charge on any atom is -0.444 e. The lowest BCUT2D eigenvalue weighted by atomic mass is 9.82. The molecular weight excluding hydrogens is 440 g/mol. The van der Waals surface area contributed by atoms with Gasteiger partial charge >= 0.3 is 6.09 Å². The van der Waals surface area contributed by atoms with Crippen molar-refractivity contribution >= 4 is 22.9 Å². The van der Waals surface area contributed by atoms with Gasteiger partial charge in [0, 0.05) is 47.7 Å². The van der Waals surface area contributed by atoms with Gasteiger partial charge in [-0.2, -0.15) is 0 Å². The summed E-state index contributed by atoms with van der Waals surface area (Å²) in [5.41, 5.74) is 1.06. The molecule has 3 aliphatic rings. The third-order valence-electron chi connectivity index (χ3n) is 7.35. The first-order valence-electron chi connectivity index (χ1n) is 12.3. The van der Waals surface area contributed by atoms with E-state index in [0.29, 0.717) is 24.1 Å². The predicted octanol–water partition coefficient (Wildman–Crippen LogP) is 5.27. The van der Waals surface area contributed by atoms with Crippen LogP contribution in [0.2, 0.25) is 0 Å². The number of aryl methyl sites for hydroxylation is 1. The monoisotopic (exact) mass is 473 g/mol. The smallest absolute Gasteiger partial charge is 0.410 e. The maximum Gasteiger partial charge on any atom is 0.410 e. The third kappa shape index (κ3) is 4.27. The second-order valence-corrected chi connectivity index (χ2v) is 11.0. The van der Waals surface area contributed by atoms with Gasteiger partial charge in [0.1, 0.15) is 5.60 Å².